The van der Waals surface area contributed by atoms with E-state index in [0.717, 1.165) is 13.0 Å². The van der Waals surface area contributed by atoms with E-state index in [1.165, 1.54) is 51.9 Å². The molecule has 3 heteroatoms. The molecule has 0 radical (unpaired) electrons. The summed E-state index contributed by atoms with van der Waals surface area (Å²) in [5.74, 6) is 0.539. The van der Waals surface area contributed by atoms with Crippen molar-refractivity contribution in [2.24, 2.45) is 5.92 Å². The highest BCUT2D eigenvalue weighted by Crippen LogP contribution is 2.25. The molecule has 16 heavy (non-hydrogen) atoms. The summed E-state index contributed by atoms with van der Waals surface area (Å²) in [6.07, 6.45) is 6.04. The van der Waals surface area contributed by atoms with E-state index in [1.807, 2.05) is 0 Å². The number of aliphatic hydroxyl groups is 1. The minimum absolute atomic E-state index is 0.0327. The fraction of sp³-hybridized carbons (Fsp3) is 1.00. The molecule has 1 aliphatic carbocycles. The molecular formula is C13H26N2O. The molecule has 1 saturated heterocycles. The summed E-state index contributed by atoms with van der Waals surface area (Å²) >= 11 is 0. The van der Waals surface area contributed by atoms with Crippen LogP contribution in [-0.2, 0) is 0 Å². The third-order valence-electron chi connectivity index (χ3n) is 4.17. The van der Waals surface area contributed by atoms with Gasteiger partial charge in [0.05, 0.1) is 6.10 Å². The van der Waals surface area contributed by atoms with Crippen LogP contribution in [0.25, 0.3) is 0 Å². The molecule has 2 aliphatic rings. The van der Waals surface area contributed by atoms with Crippen molar-refractivity contribution in [1.82, 2.24) is 9.80 Å². The monoisotopic (exact) mass is 226 g/mol. The van der Waals surface area contributed by atoms with Gasteiger partial charge in [-0.1, -0.05) is 12.8 Å². The predicted octanol–water partition coefficient (Wildman–Crippen LogP) is 1.17. The molecule has 3 nitrogen and oxygen atoms in total. The van der Waals surface area contributed by atoms with Gasteiger partial charge in [0.25, 0.3) is 0 Å². The van der Waals surface area contributed by atoms with E-state index in [1.54, 1.807) is 0 Å². The highest BCUT2D eigenvalue weighted by Gasteiger charge is 2.25. The Morgan fingerprint density at radius 2 is 1.81 bits per heavy atom. The first-order chi connectivity index (χ1) is 7.75. The minimum Gasteiger partial charge on any atom is -0.393 e. The zero-order valence-corrected chi connectivity index (χ0v) is 10.6. The number of nitrogens with zero attached hydrogens (tertiary/aromatic N) is 2. The maximum Gasteiger partial charge on any atom is 0.0580 e. The summed E-state index contributed by atoms with van der Waals surface area (Å²) in [6, 6.07) is 0. The van der Waals surface area contributed by atoms with Gasteiger partial charge in [0.2, 0.25) is 0 Å². The number of hydrogen-bond acceptors (Lipinski definition) is 3. The van der Waals surface area contributed by atoms with Crippen LogP contribution in [0.1, 0.15) is 32.1 Å². The molecule has 2 atom stereocenters. The second-order valence-electron chi connectivity index (χ2n) is 5.57. The van der Waals surface area contributed by atoms with Crippen LogP contribution in [-0.4, -0.2) is 60.8 Å². The Balaban J connectivity index is 1.79. The molecule has 2 rings (SSSR count). The Kier molecular flexibility index (Phi) is 4.62. The standard InChI is InChI=1S/C13H26N2O/c1-14-7-4-8-15(10-9-14)11-12-5-2-3-6-13(12)16/h12-13,16H,2-11H2,1H3. The molecule has 0 aromatic rings. The normalized spacial score (nSPS) is 34.9. The molecule has 94 valence electrons. The van der Waals surface area contributed by atoms with E-state index in [0.29, 0.717) is 5.92 Å². The maximum absolute atomic E-state index is 9.98. The molecule has 2 fully saturated rings. The summed E-state index contributed by atoms with van der Waals surface area (Å²) in [5, 5.41) is 9.98. The van der Waals surface area contributed by atoms with Gasteiger partial charge in [0.15, 0.2) is 0 Å². The molecule has 0 aromatic heterocycles. The molecular weight excluding hydrogens is 200 g/mol. The van der Waals surface area contributed by atoms with Crippen LogP contribution < -0.4 is 0 Å². The van der Waals surface area contributed by atoms with Crippen molar-refractivity contribution >= 4 is 0 Å². The van der Waals surface area contributed by atoms with Gasteiger partial charge in [0, 0.05) is 19.6 Å². The Morgan fingerprint density at radius 1 is 1.00 bits per heavy atom. The van der Waals surface area contributed by atoms with E-state index in [9.17, 15) is 5.11 Å². The average Bonchev–Trinajstić information content (AvgIpc) is 2.47. The molecule has 1 saturated carbocycles. The molecule has 1 aliphatic heterocycles. The summed E-state index contributed by atoms with van der Waals surface area (Å²) in [4.78, 5) is 4.97. The fourth-order valence-corrected chi connectivity index (χ4v) is 3.02. The van der Waals surface area contributed by atoms with Gasteiger partial charge < -0.3 is 14.9 Å². The summed E-state index contributed by atoms with van der Waals surface area (Å²) in [6.45, 7) is 5.93. The van der Waals surface area contributed by atoms with Crippen LogP contribution >= 0.6 is 0 Å². The molecule has 1 heterocycles. The SMILES string of the molecule is CN1CCCN(CC2CCCCC2O)CC1. The van der Waals surface area contributed by atoms with E-state index >= 15 is 0 Å². The minimum atomic E-state index is -0.0327. The Bertz CT molecular complexity index is 210. The second-order valence-corrected chi connectivity index (χ2v) is 5.57. The van der Waals surface area contributed by atoms with Crippen LogP contribution in [0.2, 0.25) is 0 Å². The number of likely N-dealkylation sites (N-methyl/N-ethyl adjacent to an activating group) is 1. The predicted molar refractivity (Wildman–Crippen MR) is 66.5 cm³/mol. The Hall–Kier alpha value is -0.120. The largest absolute Gasteiger partial charge is 0.393 e. The van der Waals surface area contributed by atoms with Crippen molar-refractivity contribution in [2.45, 2.75) is 38.2 Å². The first kappa shape index (κ1) is 12.3. The Labute approximate surface area is 99.4 Å². The first-order valence-electron chi connectivity index (χ1n) is 6.84. The highest BCUT2D eigenvalue weighted by atomic mass is 16.3. The van der Waals surface area contributed by atoms with Gasteiger partial charge in [-0.25, -0.2) is 0 Å². The second kappa shape index (κ2) is 5.99. The topological polar surface area (TPSA) is 26.7 Å². The zero-order valence-electron chi connectivity index (χ0n) is 10.6. The lowest BCUT2D eigenvalue weighted by Crippen LogP contribution is -2.38. The molecule has 0 bridgehead atoms. The number of rotatable bonds is 2. The fourth-order valence-electron chi connectivity index (χ4n) is 3.02. The average molecular weight is 226 g/mol. The van der Waals surface area contributed by atoms with Gasteiger partial charge in [0.1, 0.15) is 0 Å². The van der Waals surface area contributed by atoms with Crippen molar-refractivity contribution in [3.63, 3.8) is 0 Å². The van der Waals surface area contributed by atoms with Crippen LogP contribution in [0.15, 0.2) is 0 Å². The van der Waals surface area contributed by atoms with Gasteiger partial charge in [-0.2, -0.15) is 0 Å². The molecule has 0 amide bonds. The quantitative estimate of drug-likeness (QED) is 0.766. The maximum atomic E-state index is 9.98. The van der Waals surface area contributed by atoms with Gasteiger partial charge in [-0.05, 0) is 45.3 Å². The molecule has 0 spiro atoms. The van der Waals surface area contributed by atoms with Crippen LogP contribution in [0.4, 0.5) is 0 Å². The van der Waals surface area contributed by atoms with Crippen LogP contribution in [0.5, 0.6) is 0 Å². The lowest BCUT2D eigenvalue weighted by atomic mass is 9.86. The lowest BCUT2D eigenvalue weighted by Gasteiger charge is -2.32. The van der Waals surface area contributed by atoms with Gasteiger partial charge >= 0.3 is 0 Å². The zero-order chi connectivity index (χ0) is 11.4. The van der Waals surface area contributed by atoms with Crippen molar-refractivity contribution in [3.8, 4) is 0 Å². The van der Waals surface area contributed by atoms with Crippen molar-refractivity contribution in [2.75, 3.05) is 39.8 Å². The summed E-state index contributed by atoms with van der Waals surface area (Å²) in [5.41, 5.74) is 0. The van der Waals surface area contributed by atoms with Crippen LogP contribution in [0.3, 0.4) is 0 Å². The van der Waals surface area contributed by atoms with Gasteiger partial charge in [-0.3, -0.25) is 0 Å². The van der Waals surface area contributed by atoms with Crippen molar-refractivity contribution in [1.29, 1.82) is 0 Å². The number of hydrogen-bond donors (Lipinski definition) is 1. The van der Waals surface area contributed by atoms with E-state index < -0.39 is 0 Å². The summed E-state index contributed by atoms with van der Waals surface area (Å²) < 4.78 is 0. The summed E-state index contributed by atoms with van der Waals surface area (Å²) in [7, 11) is 2.21. The van der Waals surface area contributed by atoms with Crippen molar-refractivity contribution in [3.05, 3.63) is 0 Å². The Morgan fingerprint density at radius 3 is 2.62 bits per heavy atom. The third kappa shape index (κ3) is 3.44. The molecule has 1 N–H and O–H groups in total. The van der Waals surface area contributed by atoms with Crippen molar-refractivity contribution < 1.29 is 5.11 Å². The van der Waals surface area contributed by atoms with Crippen LogP contribution in [0, 0.1) is 5.92 Å². The van der Waals surface area contributed by atoms with E-state index in [-0.39, 0.29) is 6.10 Å². The number of aliphatic hydroxyl groups excluding tert-OH is 1. The third-order valence-corrected chi connectivity index (χ3v) is 4.17. The van der Waals surface area contributed by atoms with E-state index in [2.05, 4.69) is 16.8 Å². The van der Waals surface area contributed by atoms with Gasteiger partial charge in [-0.15, -0.1) is 0 Å². The van der Waals surface area contributed by atoms with E-state index in [4.69, 9.17) is 0 Å². The molecule has 0 aromatic carbocycles. The molecule has 2 unspecified atom stereocenters. The smallest absolute Gasteiger partial charge is 0.0580 e. The lowest BCUT2D eigenvalue weighted by molar-refractivity contribution is 0.0473. The first-order valence-corrected chi connectivity index (χ1v) is 6.84. The highest BCUT2D eigenvalue weighted by molar-refractivity contribution is 4.79.